The van der Waals surface area contributed by atoms with Crippen LogP contribution in [0.15, 0.2) is 18.2 Å². The van der Waals surface area contributed by atoms with Crippen molar-refractivity contribution in [2.75, 3.05) is 20.1 Å². The number of nitriles is 1. The highest BCUT2D eigenvalue weighted by atomic mass is 19.1. The fourth-order valence-electron chi connectivity index (χ4n) is 2.50. The van der Waals surface area contributed by atoms with Crippen molar-refractivity contribution in [3.8, 4) is 6.07 Å². The third-order valence-corrected chi connectivity index (χ3v) is 3.90. The zero-order chi connectivity index (χ0) is 14.9. The van der Waals surface area contributed by atoms with Gasteiger partial charge in [-0.25, -0.2) is 4.39 Å². The monoisotopic (exact) mass is 275 g/mol. The second-order valence-corrected chi connectivity index (χ2v) is 5.63. The number of likely N-dealkylation sites (N-methyl/N-ethyl adjacent to an activating group) is 1. The SMILES string of the molecule is CN1CCN(Cc2cc(C#N)ccc2F)C(C)(C)C1=O. The Bertz CT molecular complexity index is 577. The molecule has 1 aromatic rings. The molecule has 1 aliphatic rings. The molecule has 1 fully saturated rings. The van der Waals surface area contributed by atoms with Crippen LogP contribution in [0.4, 0.5) is 4.39 Å². The van der Waals surface area contributed by atoms with Gasteiger partial charge < -0.3 is 4.90 Å². The lowest BCUT2D eigenvalue weighted by atomic mass is 9.96. The standard InChI is InChI=1S/C15H18FN3O/c1-15(2)14(20)18(3)6-7-19(15)10-12-8-11(9-17)4-5-13(12)16/h4-5,8H,6-7,10H2,1-3H3. The summed E-state index contributed by atoms with van der Waals surface area (Å²) in [5.74, 6) is -0.313. The van der Waals surface area contributed by atoms with Gasteiger partial charge in [-0.3, -0.25) is 9.69 Å². The van der Waals surface area contributed by atoms with E-state index in [1.165, 1.54) is 12.1 Å². The first-order valence-electron chi connectivity index (χ1n) is 6.55. The molecule has 0 N–H and O–H groups in total. The number of rotatable bonds is 2. The lowest BCUT2D eigenvalue weighted by molar-refractivity contribution is -0.147. The molecular weight excluding hydrogens is 257 g/mol. The van der Waals surface area contributed by atoms with Gasteiger partial charge >= 0.3 is 0 Å². The van der Waals surface area contributed by atoms with Gasteiger partial charge in [-0.1, -0.05) is 0 Å². The average molecular weight is 275 g/mol. The predicted molar refractivity (Wildman–Crippen MR) is 73.2 cm³/mol. The molecule has 1 aromatic carbocycles. The molecule has 0 atom stereocenters. The van der Waals surface area contributed by atoms with Gasteiger partial charge in [-0.05, 0) is 32.0 Å². The summed E-state index contributed by atoms with van der Waals surface area (Å²) >= 11 is 0. The van der Waals surface area contributed by atoms with Gasteiger partial charge in [-0.2, -0.15) is 5.26 Å². The molecule has 20 heavy (non-hydrogen) atoms. The molecule has 1 heterocycles. The molecule has 0 unspecified atom stereocenters. The van der Waals surface area contributed by atoms with Crippen molar-refractivity contribution in [1.82, 2.24) is 9.80 Å². The van der Waals surface area contributed by atoms with E-state index in [0.29, 0.717) is 30.8 Å². The van der Waals surface area contributed by atoms with E-state index < -0.39 is 5.54 Å². The summed E-state index contributed by atoms with van der Waals surface area (Å²) in [6, 6.07) is 6.32. The number of halogens is 1. The highest BCUT2D eigenvalue weighted by Gasteiger charge is 2.40. The molecule has 1 aliphatic heterocycles. The van der Waals surface area contributed by atoms with Gasteiger partial charge in [0.15, 0.2) is 0 Å². The minimum absolute atomic E-state index is 0.0283. The van der Waals surface area contributed by atoms with Crippen LogP contribution < -0.4 is 0 Å². The maximum atomic E-state index is 13.9. The number of carbonyl (C=O) groups excluding carboxylic acids is 1. The van der Waals surface area contributed by atoms with Crippen molar-refractivity contribution < 1.29 is 9.18 Å². The Morgan fingerprint density at radius 1 is 1.40 bits per heavy atom. The van der Waals surface area contributed by atoms with E-state index in [1.807, 2.05) is 24.8 Å². The largest absolute Gasteiger partial charge is 0.343 e. The number of amides is 1. The fraction of sp³-hybridized carbons (Fsp3) is 0.467. The maximum absolute atomic E-state index is 13.9. The number of piperazine rings is 1. The Morgan fingerprint density at radius 2 is 2.10 bits per heavy atom. The third kappa shape index (κ3) is 2.52. The van der Waals surface area contributed by atoms with Crippen LogP contribution in [0, 0.1) is 17.1 Å². The summed E-state index contributed by atoms with van der Waals surface area (Å²) in [6.07, 6.45) is 0. The molecule has 1 amide bonds. The van der Waals surface area contributed by atoms with Gasteiger partial charge in [0.05, 0.1) is 17.2 Å². The van der Waals surface area contributed by atoms with Gasteiger partial charge in [0.2, 0.25) is 5.91 Å². The van der Waals surface area contributed by atoms with E-state index in [0.717, 1.165) is 0 Å². The summed E-state index contributed by atoms with van der Waals surface area (Å²) in [7, 11) is 1.78. The lowest BCUT2D eigenvalue weighted by Crippen LogP contribution is -2.61. The molecule has 0 aromatic heterocycles. The van der Waals surface area contributed by atoms with Crippen LogP contribution >= 0.6 is 0 Å². The van der Waals surface area contributed by atoms with Gasteiger partial charge in [0.25, 0.3) is 0 Å². The Balaban J connectivity index is 2.26. The van der Waals surface area contributed by atoms with E-state index in [1.54, 1.807) is 18.0 Å². The summed E-state index contributed by atoms with van der Waals surface area (Å²) < 4.78 is 13.9. The summed E-state index contributed by atoms with van der Waals surface area (Å²) in [4.78, 5) is 15.8. The zero-order valence-corrected chi connectivity index (χ0v) is 12.0. The van der Waals surface area contributed by atoms with Crippen LogP contribution in [0.25, 0.3) is 0 Å². The first-order valence-corrected chi connectivity index (χ1v) is 6.55. The van der Waals surface area contributed by atoms with Crippen LogP contribution in [0.1, 0.15) is 25.0 Å². The number of hydrogen-bond acceptors (Lipinski definition) is 3. The maximum Gasteiger partial charge on any atom is 0.242 e. The van der Waals surface area contributed by atoms with Crippen molar-refractivity contribution in [3.05, 3.63) is 35.1 Å². The highest BCUT2D eigenvalue weighted by molar-refractivity contribution is 5.86. The predicted octanol–water partition coefficient (Wildman–Crippen LogP) is 1.75. The van der Waals surface area contributed by atoms with Crippen LogP contribution in [-0.2, 0) is 11.3 Å². The Labute approximate surface area is 118 Å². The number of benzene rings is 1. The Morgan fingerprint density at radius 3 is 2.75 bits per heavy atom. The van der Waals surface area contributed by atoms with Crippen molar-refractivity contribution in [2.24, 2.45) is 0 Å². The molecule has 1 saturated heterocycles. The Hall–Kier alpha value is -1.93. The van der Waals surface area contributed by atoms with Crippen molar-refractivity contribution in [1.29, 1.82) is 5.26 Å². The molecule has 0 aliphatic carbocycles. The molecule has 0 spiro atoms. The normalized spacial score (nSPS) is 18.9. The third-order valence-electron chi connectivity index (χ3n) is 3.90. The first-order chi connectivity index (χ1) is 9.36. The van der Waals surface area contributed by atoms with Crippen LogP contribution in [-0.4, -0.2) is 41.4 Å². The van der Waals surface area contributed by atoms with E-state index >= 15 is 0 Å². The van der Waals surface area contributed by atoms with Crippen LogP contribution in [0.5, 0.6) is 0 Å². The van der Waals surface area contributed by atoms with E-state index in [-0.39, 0.29) is 11.7 Å². The van der Waals surface area contributed by atoms with Crippen molar-refractivity contribution >= 4 is 5.91 Å². The van der Waals surface area contributed by atoms with Crippen molar-refractivity contribution in [3.63, 3.8) is 0 Å². The Kier molecular flexibility index (Phi) is 3.78. The molecule has 0 saturated carbocycles. The molecule has 0 bridgehead atoms. The van der Waals surface area contributed by atoms with Crippen molar-refractivity contribution in [2.45, 2.75) is 25.9 Å². The fourth-order valence-corrected chi connectivity index (χ4v) is 2.50. The molecule has 106 valence electrons. The molecule has 4 nitrogen and oxygen atoms in total. The zero-order valence-electron chi connectivity index (χ0n) is 12.0. The summed E-state index contributed by atoms with van der Waals surface area (Å²) in [5.41, 5.74) is 0.219. The molecule has 5 heteroatoms. The first kappa shape index (κ1) is 14.5. The summed E-state index contributed by atoms with van der Waals surface area (Å²) in [6.45, 7) is 5.33. The lowest BCUT2D eigenvalue weighted by Gasteiger charge is -2.44. The van der Waals surface area contributed by atoms with Gasteiger partial charge in [-0.15, -0.1) is 0 Å². The topological polar surface area (TPSA) is 47.3 Å². The smallest absolute Gasteiger partial charge is 0.242 e. The van der Waals surface area contributed by atoms with E-state index in [2.05, 4.69) is 0 Å². The van der Waals surface area contributed by atoms with E-state index in [9.17, 15) is 9.18 Å². The molecular formula is C15H18FN3O. The minimum atomic E-state index is -0.665. The second-order valence-electron chi connectivity index (χ2n) is 5.63. The summed E-state index contributed by atoms with van der Waals surface area (Å²) in [5, 5.41) is 8.89. The molecule has 0 radical (unpaired) electrons. The van der Waals surface area contributed by atoms with Gasteiger partial charge in [0.1, 0.15) is 5.82 Å². The number of carbonyl (C=O) groups is 1. The second kappa shape index (κ2) is 5.22. The molecule has 2 rings (SSSR count). The minimum Gasteiger partial charge on any atom is -0.343 e. The highest BCUT2D eigenvalue weighted by Crippen LogP contribution is 2.25. The van der Waals surface area contributed by atoms with Gasteiger partial charge in [0, 0.05) is 32.2 Å². The van der Waals surface area contributed by atoms with Crippen LogP contribution in [0.2, 0.25) is 0 Å². The number of nitrogens with zero attached hydrogens (tertiary/aromatic N) is 3. The number of hydrogen-bond donors (Lipinski definition) is 0. The van der Waals surface area contributed by atoms with E-state index in [4.69, 9.17) is 5.26 Å². The van der Waals surface area contributed by atoms with Crippen LogP contribution in [0.3, 0.4) is 0 Å². The average Bonchev–Trinajstić information content (AvgIpc) is 2.42. The quantitative estimate of drug-likeness (QED) is 0.826.